The summed E-state index contributed by atoms with van der Waals surface area (Å²) in [7, 11) is 0. The lowest BCUT2D eigenvalue weighted by Crippen LogP contribution is -2.25. The Morgan fingerprint density at radius 3 is 2.93 bits per heavy atom. The van der Waals surface area contributed by atoms with Gasteiger partial charge in [-0.1, -0.05) is 30.7 Å². The summed E-state index contributed by atoms with van der Waals surface area (Å²) in [4.78, 5) is 0. The molecular weight excluding hydrogens is 170 g/mol. The highest BCUT2D eigenvalue weighted by atomic mass is 14.6. The summed E-state index contributed by atoms with van der Waals surface area (Å²) in [5.74, 6) is 1.33. The average molecular weight is 189 g/mol. The molecule has 0 bridgehead atoms. The van der Waals surface area contributed by atoms with Crippen LogP contribution >= 0.6 is 0 Å². The van der Waals surface area contributed by atoms with Crippen molar-refractivity contribution in [3.63, 3.8) is 0 Å². The van der Waals surface area contributed by atoms with Crippen molar-refractivity contribution in [3.05, 3.63) is 34.9 Å². The number of benzene rings is 1. The minimum Gasteiger partial charge on any atom is -0.330 e. The van der Waals surface area contributed by atoms with E-state index < -0.39 is 0 Å². The van der Waals surface area contributed by atoms with Crippen LogP contribution in [0.3, 0.4) is 0 Å². The van der Waals surface area contributed by atoms with Gasteiger partial charge in [0.25, 0.3) is 0 Å². The Morgan fingerprint density at radius 2 is 2.21 bits per heavy atom. The molecule has 2 atom stereocenters. The summed E-state index contributed by atoms with van der Waals surface area (Å²) in [6.07, 6.45) is 2.47. The van der Waals surface area contributed by atoms with E-state index in [-0.39, 0.29) is 0 Å². The van der Waals surface area contributed by atoms with Crippen molar-refractivity contribution in [3.8, 4) is 0 Å². The van der Waals surface area contributed by atoms with E-state index >= 15 is 0 Å². The third-order valence-electron chi connectivity index (χ3n) is 3.58. The van der Waals surface area contributed by atoms with Gasteiger partial charge in [-0.15, -0.1) is 0 Å². The second kappa shape index (κ2) is 3.74. The van der Waals surface area contributed by atoms with Crippen LogP contribution in [0.2, 0.25) is 0 Å². The maximum absolute atomic E-state index is 5.78. The molecule has 1 heteroatoms. The summed E-state index contributed by atoms with van der Waals surface area (Å²) < 4.78 is 0. The molecule has 1 aromatic carbocycles. The van der Waals surface area contributed by atoms with Crippen LogP contribution < -0.4 is 5.73 Å². The third-order valence-corrected chi connectivity index (χ3v) is 3.58. The number of hydrogen-bond donors (Lipinski definition) is 1. The molecule has 0 spiro atoms. The van der Waals surface area contributed by atoms with E-state index in [1.807, 2.05) is 0 Å². The first-order valence-corrected chi connectivity index (χ1v) is 5.52. The van der Waals surface area contributed by atoms with Gasteiger partial charge < -0.3 is 5.73 Å². The molecule has 0 radical (unpaired) electrons. The molecule has 0 aromatic heterocycles. The van der Waals surface area contributed by atoms with Crippen LogP contribution in [0.1, 0.15) is 36.0 Å². The van der Waals surface area contributed by atoms with Gasteiger partial charge in [0.15, 0.2) is 0 Å². The topological polar surface area (TPSA) is 26.0 Å². The quantitative estimate of drug-likeness (QED) is 0.722. The maximum Gasteiger partial charge on any atom is -0.00430 e. The Kier molecular flexibility index (Phi) is 2.60. The Hall–Kier alpha value is -0.820. The van der Waals surface area contributed by atoms with E-state index in [1.165, 1.54) is 24.0 Å². The number of nitrogens with two attached hydrogens (primary N) is 1. The highest BCUT2D eigenvalue weighted by molar-refractivity contribution is 5.36. The number of rotatable bonds is 1. The molecule has 1 aliphatic rings. The van der Waals surface area contributed by atoms with E-state index in [0.717, 1.165) is 6.54 Å². The van der Waals surface area contributed by atoms with Gasteiger partial charge in [0.1, 0.15) is 0 Å². The van der Waals surface area contributed by atoms with Crippen LogP contribution in [0.15, 0.2) is 18.2 Å². The van der Waals surface area contributed by atoms with Crippen molar-refractivity contribution < 1.29 is 0 Å². The summed E-state index contributed by atoms with van der Waals surface area (Å²) >= 11 is 0. The molecule has 76 valence electrons. The van der Waals surface area contributed by atoms with Crippen molar-refractivity contribution in [2.24, 2.45) is 11.7 Å². The van der Waals surface area contributed by atoms with Crippen LogP contribution in [0.25, 0.3) is 0 Å². The molecule has 0 saturated carbocycles. The fourth-order valence-corrected chi connectivity index (χ4v) is 2.56. The second-order valence-corrected chi connectivity index (χ2v) is 4.53. The summed E-state index contributed by atoms with van der Waals surface area (Å²) in [6, 6.07) is 6.84. The zero-order chi connectivity index (χ0) is 10.1. The molecule has 0 heterocycles. The minimum absolute atomic E-state index is 0.643. The standard InChI is InChI=1S/C13H19N/c1-9-3-6-13-10(2)12(8-14)5-4-11(13)7-9/h3,6-7,10,12H,4-5,8,14H2,1-2H3. The van der Waals surface area contributed by atoms with Crippen LogP contribution in [0.5, 0.6) is 0 Å². The van der Waals surface area contributed by atoms with E-state index in [0.29, 0.717) is 11.8 Å². The first-order valence-electron chi connectivity index (χ1n) is 5.52. The first kappa shape index (κ1) is 9.72. The van der Waals surface area contributed by atoms with Gasteiger partial charge in [-0.3, -0.25) is 0 Å². The average Bonchev–Trinajstić information content (AvgIpc) is 2.18. The molecule has 2 rings (SSSR count). The predicted octanol–water partition coefficient (Wildman–Crippen LogP) is 2.62. The van der Waals surface area contributed by atoms with Crippen LogP contribution in [0, 0.1) is 12.8 Å². The van der Waals surface area contributed by atoms with Gasteiger partial charge in [-0.05, 0) is 49.3 Å². The van der Waals surface area contributed by atoms with Crippen molar-refractivity contribution >= 4 is 0 Å². The monoisotopic (exact) mass is 189 g/mol. The molecule has 0 amide bonds. The molecular formula is C13H19N. The Labute approximate surface area is 86.3 Å². The van der Waals surface area contributed by atoms with Gasteiger partial charge >= 0.3 is 0 Å². The normalized spacial score (nSPS) is 25.9. The van der Waals surface area contributed by atoms with Gasteiger partial charge in [0.05, 0.1) is 0 Å². The number of fused-ring (bicyclic) bond motifs is 1. The molecule has 14 heavy (non-hydrogen) atoms. The largest absolute Gasteiger partial charge is 0.330 e. The Balaban J connectivity index is 2.36. The van der Waals surface area contributed by atoms with Crippen LogP contribution in [-0.2, 0) is 6.42 Å². The van der Waals surface area contributed by atoms with E-state index in [4.69, 9.17) is 5.73 Å². The first-order chi connectivity index (χ1) is 6.72. The van der Waals surface area contributed by atoms with Crippen molar-refractivity contribution in [2.75, 3.05) is 6.54 Å². The summed E-state index contributed by atoms with van der Waals surface area (Å²) in [5.41, 5.74) is 10.2. The van der Waals surface area contributed by atoms with Crippen LogP contribution in [0.4, 0.5) is 0 Å². The summed E-state index contributed by atoms with van der Waals surface area (Å²) in [6.45, 7) is 5.30. The van der Waals surface area contributed by atoms with Crippen LogP contribution in [-0.4, -0.2) is 6.54 Å². The molecule has 2 N–H and O–H groups in total. The van der Waals surface area contributed by atoms with Gasteiger partial charge in [-0.25, -0.2) is 0 Å². The minimum atomic E-state index is 0.643. The smallest absolute Gasteiger partial charge is 0.00430 e. The number of hydrogen-bond acceptors (Lipinski definition) is 1. The zero-order valence-corrected chi connectivity index (χ0v) is 9.09. The maximum atomic E-state index is 5.78. The molecule has 0 saturated heterocycles. The Morgan fingerprint density at radius 1 is 1.43 bits per heavy atom. The molecule has 2 unspecified atom stereocenters. The van der Waals surface area contributed by atoms with Gasteiger partial charge in [-0.2, -0.15) is 0 Å². The number of aryl methyl sites for hydroxylation is 2. The van der Waals surface area contributed by atoms with Gasteiger partial charge in [0.2, 0.25) is 0 Å². The molecule has 0 aliphatic heterocycles. The molecule has 1 nitrogen and oxygen atoms in total. The fraction of sp³-hybridized carbons (Fsp3) is 0.538. The predicted molar refractivity (Wildman–Crippen MR) is 60.5 cm³/mol. The molecule has 1 aliphatic carbocycles. The van der Waals surface area contributed by atoms with E-state index in [1.54, 1.807) is 5.56 Å². The van der Waals surface area contributed by atoms with Crippen molar-refractivity contribution in [1.29, 1.82) is 0 Å². The zero-order valence-electron chi connectivity index (χ0n) is 9.09. The highest BCUT2D eigenvalue weighted by Gasteiger charge is 2.24. The van der Waals surface area contributed by atoms with Gasteiger partial charge in [0, 0.05) is 0 Å². The van der Waals surface area contributed by atoms with Crippen molar-refractivity contribution in [1.82, 2.24) is 0 Å². The third kappa shape index (κ3) is 1.57. The molecule has 1 aromatic rings. The fourth-order valence-electron chi connectivity index (χ4n) is 2.56. The lowest BCUT2D eigenvalue weighted by molar-refractivity contribution is 0.400. The van der Waals surface area contributed by atoms with E-state index in [9.17, 15) is 0 Å². The van der Waals surface area contributed by atoms with E-state index in [2.05, 4.69) is 32.0 Å². The lowest BCUT2D eigenvalue weighted by atomic mass is 9.76. The molecule has 0 fully saturated rings. The Bertz CT molecular complexity index is 330. The second-order valence-electron chi connectivity index (χ2n) is 4.53. The summed E-state index contributed by atoms with van der Waals surface area (Å²) in [5, 5.41) is 0. The SMILES string of the molecule is Cc1ccc2c(c1)CCC(CN)C2C. The van der Waals surface area contributed by atoms with Crippen molar-refractivity contribution in [2.45, 2.75) is 32.6 Å². The highest BCUT2D eigenvalue weighted by Crippen LogP contribution is 2.35. The lowest BCUT2D eigenvalue weighted by Gasteiger charge is -2.30.